The van der Waals surface area contributed by atoms with Crippen molar-refractivity contribution in [3.8, 4) is 0 Å². The van der Waals surface area contributed by atoms with Crippen LogP contribution in [0.3, 0.4) is 0 Å². The van der Waals surface area contributed by atoms with E-state index < -0.39 is 0 Å². The fourth-order valence-corrected chi connectivity index (χ4v) is 3.69. The first-order chi connectivity index (χ1) is 10.7. The molecule has 0 spiro atoms. The molecule has 0 bridgehead atoms. The van der Waals surface area contributed by atoms with Crippen molar-refractivity contribution in [2.24, 2.45) is 0 Å². The molecular formula is C16H22ClN3O2S. The van der Waals surface area contributed by atoms with E-state index in [1.54, 1.807) is 11.8 Å². The van der Waals surface area contributed by atoms with E-state index in [1.165, 1.54) is 0 Å². The molecule has 126 valence electrons. The van der Waals surface area contributed by atoms with Crippen molar-refractivity contribution in [3.05, 3.63) is 29.8 Å². The van der Waals surface area contributed by atoms with Crippen molar-refractivity contribution in [2.45, 2.75) is 31.8 Å². The van der Waals surface area contributed by atoms with Crippen LogP contribution in [0, 0.1) is 0 Å². The van der Waals surface area contributed by atoms with Crippen molar-refractivity contribution in [2.75, 3.05) is 23.1 Å². The molecule has 2 N–H and O–H groups in total. The van der Waals surface area contributed by atoms with Crippen LogP contribution in [0.25, 0.3) is 0 Å². The molecule has 2 heterocycles. The Morgan fingerprint density at radius 2 is 2.09 bits per heavy atom. The zero-order valence-electron chi connectivity index (χ0n) is 12.9. The molecule has 7 heteroatoms. The van der Waals surface area contributed by atoms with Crippen LogP contribution >= 0.6 is 24.2 Å². The Balaban J connectivity index is 0.00000192. The van der Waals surface area contributed by atoms with Crippen LogP contribution in [0.1, 0.15) is 24.8 Å². The third kappa shape index (κ3) is 4.62. The lowest BCUT2D eigenvalue weighted by molar-refractivity contribution is -0.122. The number of carbonyl (C=O) groups is 2. The van der Waals surface area contributed by atoms with E-state index in [-0.39, 0.29) is 30.3 Å². The smallest absolute Gasteiger partial charge is 0.238 e. The minimum atomic E-state index is -0.0738. The predicted molar refractivity (Wildman–Crippen MR) is 96.0 cm³/mol. The maximum absolute atomic E-state index is 11.9. The molecule has 0 aliphatic carbocycles. The predicted octanol–water partition coefficient (Wildman–Crippen LogP) is 1.90. The van der Waals surface area contributed by atoms with Crippen LogP contribution in [-0.2, 0) is 16.1 Å². The highest BCUT2D eigenvalue weighted by Crippen LogP contribution is 2.21. The number of rotatable bonds is 4. The van der Waals surface area contributed by atoms with Crippen molar-refractivity contribution >= 4 is 41.7 Å². The van der Waals surface area contributed by atoms with Crippen molar-refractivity contribution in [3.63, 3.8) is 0 Å². The molecule has 3 rings (SSSR count). The summed E-state index contributed by atoms with van der Waals surface area (Å²) in [6, 6.07) is 7.82. The van der Waals surface area contributed by atoms with Gasteiger partial charge in [-0.25, -0.2) is 0 Å². The molecule has 1 aromatic carbocycles. The van der Waals surface area contributed by atoms with Gasteiger partial charge in [0.05, 0.1) is 6.04 Å². The third-order valence-electron chi connectivity index (χ3n) is 4.07. The SMILES string of the molecule is Cl.O=C(NCc1ccc(N2CCCCC2=O)cc1)C1CSCN1. The van der Waals surface area contributed by atoms with E-state index in [2.05, 4.69) is 10.6 Å². The Labute approximate surface area is 147 Å². The molecule has 0 aromatic heterocycles. The van der Waals surface area contributed by atoms with Crippen LogP contribution in [0.2, 0.25) is 0 Å². The number of carbonyl (C=O) groups excluding carboxylic acids is 2. The van der Waals surface area contributed by atoms with E-state index in [0.717, 1.165) is 42.3 Å². The summed E-state index contributed by atoms with van der Waals surface area (Å²) in [6.07, 6.45) is 2.70. The average molecular weight is 356 g/mol. The normalized spacial score (nSPS) is 21.0. The number of piperidine rings is 1. The second-order valence-corrected chi connectivity index (χ2v) is 6.69. The minimum Gasteiger partial charge on any atom is -0.351 e. The number of benzene rings is 1. The summed E-state index contributed by atoms with van der Waals surface area (Å²) >= 11 is 1.74. The monoisotopic (exact) mass is 355 g/mol. The molecule has 2 aliphatic heterocycles. The first-order valence-corrected chi connectivity index (χ1v) is 8.87. The fraction of sp³-hybridized carbons (Fsp3) is 0.500. The summed E-state index contributed by atoms with van der Waals surface area (Å²) in [5, 5.41) is 6.11. The summed E-state index contributed by atoms with van der Waals surface area (Å²) in [5.41, 5.74) is 2.00. The van der Waals surface area contributed by atoms with Gasteiger partial charge in [0.15, 0.2) is 0 Å². The first kappa shape index (κ1) is 18.1. The molecule has 2 aliphatic rings. The maximum atomic E-state index is 11.9. The molecular weight excluding hydrogens is 334 g/mol. The number of hydrogen-bond donors (Lipinski definition) is 2. The van der Waals surface area contributed by atoms with Gasteiger partial charge in [-0.05, 0) is 30.5 Å². The van der Waals surface area contributed by atoms with Gasteiger partial charge < -0.3 is 10.2 Å². The second kappa shape index (κ2) is 8.57. The largest absolute Gasteiger partial charge is 0.351 e. The topological polar surface area (TPSA) is 61.4 Å². The van der Waals surface area contributed by atoms with Crippen LogP contribution in [0.4, 0.5) is 5.69 Å². The maximum Gasteiger partial charge on any atom is 0.238 e. The number of hydrogen-bond acceptors (Lipinski definition) is 4. The lowest BCUT2D eigenvalue weighted by Crippen LogP contribution is -2.41. The Bertz CT molecular complexity index is 547. The molecule has 1 unspecified atom stereocenters. The van der Waals surface area contributed by atoms with Crippen LogP contribution < -0.4 is 15.5 Å². The summed E-state index contributed by atoms with van der Waals surface area (Å²) in [7, 11) is 0. The lowest BCUT2D eigenvalue weighted by Gasteiger charge is -2.26. The quantitative estimate of drug-likeness (QED) is 0.866. The molecule has 2 fully saturated rings. The molecule has 5 nitrogen and oxygen atoms in total. The van der Waals surface area contributed by atoms with Crippen LogP contribution in [0.5, 0.6) is 0 Å². The summed E-state index contributed by atoms with van der Waals surface area (Å²) in [5.74, 6) is 1.94. The van der Waals surface area contributed by atoms with Gasteiger partial charge in [0.2, 0.25) is 11.8 Å². The van der Waals surface area contributed by atoms with Crippen molar-refractivity contribution in [1.82, 2.24) is 10.6 Å². The Morgan fingerprint density at radius 3 is 2.74 bits per heavy atom. The molecule has 1 atom stereocenters. The highest BCUT2D eigenvalue weighted by molar-refractivity contribution is 7.99. The van der Waals surface area contributed by atoms with Crippen molar-refractivity contribution < 1.29 is 9.59 Å². The molecule has 23 heavy (non-hydrogen) atoms. The Kier molecular flexibility index (Phi) is 6.74. The summed E-state index contributed by atoms with van der Waals surface area (Å²) in [6.45, 7) is 1.33. The van der Waals surface area contributed by atoms with Gasteiger partial charge in [0.25, 0.3) is 0 Å². The number of anilines is 1. The van der Waals surface area contributed by atoms with E-state index in [1.807, 2.05) is 29.2 Å². The van der Waals surface area contributed by atoms with Gasteiger partial charge in [-0.2, -0.15) is 0 Å². The van der Waals surface area contributed by atoms with Gasteiger partial charge in [0.1, 0.15) is 0 Å². The zero-order chi connectivity index (χ0) is 15.4. The van der Waals surface area contributed by atoms with Gasteiger partial charge in [-0.15, -0.1) is 24.2 Å². The second-order valence-electron chi connectivity index (χ2n) is 5.66. The lowest BCUT2D eigenvalue weighted by atomic mass is 10.1. The number of nitrogens with one attached hydrogen (secondary N) is 2. The average Bonchev–Trinajstić information content (AvgIpc) is 3.08. The Hall–Kier alpha value is -1.24. The van der Waals surface area contributed by atoms with Gasteiger partial charge >= 0.3 is 0 Å². The first-order valence-electron chi connectivity index (χ1n) is 7.72. The van der Waals surface area contributed by atoms with E-state index in [0.29, 0.717) is 13.0 Å². The molecule has 1 aromatic rings. The summed E-state index contributed by atoms with van der Waals surface area (Å²) < 4.78 is 0. The van der Waals surface area contributed by atoms with E-state index >= 15 is 0 Å². The zero-order valence-corrected chi connectivity index (χ0v) is 14.5. The number of amides is 2. The number of nitrogens with zero attached hydrogens (tertiary/aromatic N) is 1. The van der Waals surface area contributed by atoms with Crippen molar-refractivity contribution in [1.29, 1.82) is 0 Å². The standard InChI is InChI=1S/C16H21N3O2S.ClH/c20-15-3-1-2-8-19(15)13-6-4-12(5-7-13)9-17-16(21)14-10-22-11-18-14;/h4-7,14,18H,1-3,8-11H2,(H,17,21);1H. The van der Waals surface area contributed by atoms with Gasteiger partial charge in [-0.1, -0.05) is 12.1 Å². The van der Waals surface area contributed by atoms with Gasteiger partial charge in [-0.3, -0.25) is 14.9 Å². The number of thioether (sulfide) groups is 1. The summed E-state index contributed by atoms with van der Waals surface area (Å²) in [4.78, 5) is 25.7. The number of halogens is 1. The van der Waals surface area contributed by atoms with E-state index in [9.17, 15) is 9.59 Å². The molecule has 2 saturated heterocycles. The molecule has 0 radical (unpaired) electrons. The van der Waals surface area contributed by atoms with Crippen LogP contribution in [0.15, 0.2) is 24.3 Å². The third-order valence-corrected chi connectivity index (χ3v) is 5.01. The minimum absolute atomic E-state index is 0. The van der Waals surface area contributed by atoms with E-state index in [4.69, 9.17) is 0 Å². The Morgan fingerprint density at radius 1 is 1.30 bits per heavy atom. The molecule has 2 amide bonds. The van der Waals surface area contributed by atoms with Gasteiger partial charge in [0, 0.05) is 36.8 Å². The fourth-order valence-electron chi connectivity index (χ4n) is 2.75. The highest BCUT2D eigenvalue weighted by Gasteiger charge is 2.22. The molecule has 0 saturated carbocycles. The van der Waals surface area contributed by atoms with Crippen LogP contribution in [-0.4, -0.2) is 36.0 Å². The highest BCUT2D eigenvalue weighted by atomic mass is 35.5.